The van der Waals surface area contributed by atoms with Crippen LogP contribution in [0.1, 0.15) is 16.7 Å². The molecule has 170 valence electrons. The van der Waals surface area contributed by atoms with Crippen LogP contribution in [0.5, 0.6) is 0 Å². The van der Waals surface area contributed by atoms with Crippen molar-refractivity contribution in [1.29, 1.82) is 0 Å². The van der Waals surface area contributed by atoms with Gasteiger partial charge in [0, 0.05) is 0 Å². The first-order valence-electron chi connectivity index (χ1n) is 11.8. The summed E-state index contributed by atoms with van der Waals surface area (Å²) in [5, 5.41) is 4.11. The van der Waals surface area contributed by atoms with Crippen molar-refractivity contribution in [2.24, 2.45) is 0 Å². The molecule has 0 heterocycles. The van der Waals surface area contributed by atoms with E-state index in [1.54, 1.807) is 0 Å². The fourth-order valence-electron chi connectivity index (χ4n) is 4.62. The molecule has 0 aliphatic rings. The fourth-order valence-corrected chi connectivity index (χ4v) is 8.91. The summed E-state index contributed by atoms with van der Waals surface area (Å²) in [5.41, 5.74) is 3.47. The highest BCUT2D eigenvalue weighted by atomic mass is 31.2. The Morgan fingerprint density at radius 2 is 0.943 bits per heavy atom. The molecule has 0 unspecified atom stereocenters. The highest BCUT2D eigenvalue weighted by molar-refractivity contribution is 7.95. The first-order valence-corrected chi connectivity index (χ1v) is 13.8. The maximum absolute atomic E-state index is 13.4. The second-order valence-corrected chi connectivity index (χ2v) is 12.0. The predicted molar refractivity (Wildman–Crippen MR) is 151 cm³/mol. The van der Waals surface area contributed by atoms with Gasteiger partial charge in [-0.05, 0) is 65.2 Å². The summed E-state index contributed by atoms with van der Waals surface area (Å²) < 4.78 is 13.4. The Labute approximate surface area is 207 Å². The molecule has 0 aliphatic heterocycles. The normalized spacial score (nSPS) is 11.6. The average Bonchev–Trinajstić information content (AvgIpc) is 2.93. The van der Waals surface area contributed by atoms with E-state index in [1.165, 1.54) is 39.2 Å². The highest BCUT2D eigenvalue weighted by Crippen LogP contribution is 2.58. The van der Waals surface area contributed by atoms with Crippen molar-refractivity contribution in [2.75, 3.05) is 0 Å². The van der Waals surface area contributed by atoms with Gasteiger partial charge in [0.1, 0.15) is 29.0 Å². The van der Waals surface area contributed by atoms with Crippen molar-refractivity contribution in [3.63, 3.8) is 0 Å². The summed E-state index contributed by atoms with van der Waals surface area (Å²) in [6, 6.07) is 48.1. The van der Waals surface area contributed by atoms with Gasteiger partial charge in [-0.15, -0.1) is 0 Å². The Bertz CT molecular complexity index is 1300. The molecule has 2 heteroatoms. The summed E-state index contributed by atoms with van der Waals surface area (Å²) in [7, 11) is -1.99. The predicted octanol–water partition coefficient (Wildman–Crippen LogP) is 7.49. The first-order chi connectivity index (χ1) is 17.3. The van der Waals surface area contributed by atoms with Crippen LogP contribution in [0.15, 0.2) is 140 Å². The zero-order valence-corrected chi connectivity index (χ0v) is 20.4. The molecule has 0 aliphatic carbocycles. The third-order valence-corrected chi connectivity index (χ3v) is 10.7. The molecule has 0 atom stereocenters. The molecule has 35 heavy (non-hydrogen) atoms. The number of benzene rings is 5. The zero-order chi connectivity index (χ0) is 23.9. The van der Waals surface area contributed by atoms with E-state index in [1.807, 2.05) is 12.1 Å². The van der Waals surface area contributed by atoms with E-state index in [0.29, 0.717) is 0 Å². The van der Waals surface area contributed by atoms with Crippen molar-refractivity contribution in [3.05, 3.63) is 162 Å². The van der Waals surface area contributed by atoms with Crippen LogP contribution in [0.3, 0.4) is 0 Å². The van der Waals surface area contributed by atoms with Crippen LogP contribution in [0.4, 0.5) is 4.39 Å². The Hall–Kier alpha value is -3.80. The third-order valence-electron chi connectivity index (χ3n) is 6.38. The number of hydrogen-bond donors (Lipinski definition) is 0. The van der Waals surface area contributed by atoms with Gasteiger partial charge in [0.15, 0.2) is 0 Å². The molecule has 0 amide bonds. The number of rotatable bonds is 7. The second kappa shape index (κ2) is 10.6. The summed E-state index contributed by atoms with van der Waals surface area (Å²) in [5.74, 6) is -0.217. The van der Waals surface area contributed by atoms with Crippen molar-refractivity contribution in [3.8, 4) is 0 Å². The molecule has 0 nitrogen and oxygen atoms in total. The summed E-state index contributed by atoms with van der Waals surface area (Å²) in [6.07, 6.45) is 5.12. The van der Waals surface area contributed by atoms with Gasteiger partial charge in [-0.1, -0.05) is 103 Å². The lowest BCUT2D eigenvalue weighted by molar-refractivity contribution is 0.628. The van der Waals surface area contributed by atoms with E-state index < -0.39 is 7.26 Å². The van der Waals surface area contributed by atoms with Gasteiger partial charge >= 0.3 is 0 Å². The maximum atomic E-state index is 13.4. The summed E-state index contributed by atoms with van der Waals surface area (Å²) >= 11 is 0. The van der Waals surface area contributed by atoms with Gasteiger partial charge in [0.05, 0.1) is 6.16 Å². The van der Waals surface area contributed by atoms with E-state index >= 15 is 0 Å². The topological polar surface area (TPSA) is 0 Å². The van der Waals surface area contributed by atoms with Crippen LogP contribution >= 0.6 is 7.26 Å². The Morgan fingerprint density at radius 1 is 0.486 bits per heavy atom. The van der Waals surface area contributed by atoms with Crippen LogP contribution in [-0.2, 0) is 6.16 Å². The van der Waals surface area contributed by atoms with Crippen LogP contribution in [0.25, 0.3) is 12.2 Å². The molecule has 0 bridgehead atoms. The molecule has 5 rings (SSSR count). The fraction of sp³-hybridized carbons (Fsp3) is 0.0303. The molecule has 0 saturated carbocycles. The third kappa shape index (κ3) is 5.02. The minimum absolute atomic E-state index is 0.217. The average molecular weight is 474 g/mol. The van der Waals surface area contributed by atoms with E-state index in [-0.39, 0.29) is 5.82 Å². The monoisotopic (exact) mass is 473 g/mol. The highest BCUT2D eigenvalue weighted by Gasteiger charge is 2.45. The molecular formula is C33H27FP+. The van der Waals surface area contributed by atoms with Crippen molar-refractivity contribution < 1.29 is 4.39 Å². The van der Waals surface area contributed by atoms with E-state index in [2.05, 4.69) is 127 Å². The Balaban J connectivity index is 1.66. The van der Waals surface area contributed by atoms with Gasteiger partial charge in [-0.2, -0.15) is 0 Å². The largest absolute Gasteiger partial charge is 0.207 e. The minimum Gasteiger partial charge on any atom is -0.207 e. The number of hydrogen-bond acceptors (Lipinski definition) is 0. The molecule has 5 aromatic rings. The van der Waals surface area contributed by atoms with Gasteiger partial charge in [-0.25, -0.2) is 4.39 Å². The van der Waals surface area contributed by atoms with Crippen molar-refractivity contribution >= 4 is 35.3 Å². The molecule has 0 fully saturated rings. The quantitative estimate of drug-likeness (QED) is 0.170. The lowest BCUT2D eigenvalue weighted by Crippen LogP contribution is -2.32. The standard InChI is InChI=1S/C33H27FP/c34-30-24-21-27(22-25-30)20-23-28-12-10-11-13-29(28)26-35(31-14-4-1-5-15-31,32-16-6-2-7-17-32)33-18-8-3-9-19-33/h1-25H,26H2/q+1/b23-20+. The molecule has 0 radical (unpaired) electrons. The lowest BCUT2D eigenvalue weighted by atomic mass is 10.1. The van der Waals surface area contributed by atoms with Crippen LogP contribution < -0.4 is 15.9 Å². The van der Waals surface area contributed by atoms with Gasteiger partial charge in [-0.3, -0.25) is 0 Å². The molecule has 0 saturated heterocycles. The van der Waals surface area contributed by atoms with Crippen molar-refractivity contribution in [2.45, 2.75) is 6.16 Å². The number of halogens is 1. The summed E-state index contributed by atoms with van der Waals surface area (Å²) in [6.45, 7) is 0. The minimum atomic E-state index is -1.99. The van der Waals surface area contributed by atoms with E-state index in [4.69, 9.17) is 0 Å². The van der Waals surface area contributed by atoms with Crippen LogP contribution in [-0.4, -0.2) is 0 Å². The SMILES string of the molecule is Fc1ccc(/C=C/c2ccccc2C[P+](c2ccccc2)(c2ccccc2)c2ccccc2)cc1. The lowest BCUT2D eigenvalue weighted by Gasteiger charge is -2.28. The second-order valence-electron chi connectivity index (χ2n) is 8.56. The van der Waals surface area contributed by atoms with E-state index in [9.17, 15) is 4.39 Å². The first kappa shape index (κ1) is 23.0. The maximum Gasteiger partial charge on any atom is 0.123 e. The van der Waals surface area contributed by atoms with Gasteiger partial charge in [0.25, 0.3) is 0 Å². The molecule has 0 aromatic heterocycles. The summed E-state index contributed by atoms with van der Waals surface area (Å²) in [4.78, 5) is 0. The Kier molecular flexibility index (Phi) is 6.98. The van der Waals surface area contributed by atoms with E-state index in [0.717, 1.165) is 11.7 Å². The molecule has 0 spiro atoms. The Morgan fingerprint density at radius 3 is 1.46 bits per heavy atom. The van der Waals surface area contributed by atoms with Crippen LogP contribution in [0, 0.1) is 5.82 Å². The molecule has 0 N–H and O–H groups in total. The smallest absolute Gasteiger partial charge is 0.123 e. The molecular weight excluding hydrogens is 446 g/mol. The van der Waals surface area contributed by atoms with Gasteiger partial charge in [0.2, 0.25) is 0 Å². The zero-order valence-electron chi connectivity index (χ0n) is 19.5. The van der Waals surface area contributed by atoms with Crippen LogP contribution in [0.2, 0.25) is 0 Å². The van der Waals surface area contributed by atoms with Gasteiger partial charge < -0.3 is 0 Å². The van der Waals surface area contributed by atoms with Crippen molar-refractivity contribution in [1.82, 2.24) is 0 Å². The molecule has 5 aromatic carbocycles.